The van der Waals surface area contributed by atoms with Gasteiger partial charge in [0.25, 0.3) is 17.7 Å². The van der Waals surface area contributed by atoms with Crippen molar-refractivity contribution in [3.63, 3.8) is 0 Å². The van der Waals surface area contributed by atoms with Crippen LogP contribution in [-0.2, 0) is 81.4 Å². The third-order valence-corrected chi connectivity index (χ3v) is 20.2. The number of likely N-dealkylation sites (N-methyl/N-ethyl adjacent to an activating group) is 1. The first-order chi connectivity index (χ1) is 54.4. The molecule has 8 amide bonds. The number of amides is 8. The molecule has 0 spiro atoms. The largest absolute Gasteiger partial charge is 0.507 e. The van der Waals surface area contributed by atoms with E-state index in [0.717, 1.165) is 16.7 Å². The zero-order valence-electron chi connectivity index (χ0n) is 66.5. The summed E-state index contributed by atoms with van der Waals surface area (Å²) in [5, 5.41) is 82.6. The lowest BCUT2D eigenvalue weighted by atomic mass is 9.90. The monoisotopic (exact) mass is 1590 g/mol. The molecule has 30 nitrogen and oxygen atoms in total. The minimum atomic E-state index is -1.39. The van der Waals surface area contributed by atoms with Crippen molar-refractivity contribution in [3.8, 4) is 17.2 Å². The lowest BCUT2D eigenvalue weighted by molar-refractivity contribution is -0.180. The van der Waals surface area contributed by atoms with Crippen LogP contribution in [0.3, 0.4) is 0 Å². The molecule has 3 fully saturated rings. The number of phenolic OH excluding ortho intramolecular Hbond substituents is 3. The van der Waals surface area contributed by atoms with Gasteiger partial charge in [0.15, 0.2) is 0 Å². The Kier molecular flexibility index (Phi) is 32.9. The van der Waals surface area contributed by atoms with Crippen molar-refractivity contribution in [2.75, 3.05) is 7.05 Å². The molecule has 0 saturated carbocycles. The Morgan fingerprint density at radius 1 is 0.374 bits per heavy atom. The van der Waals surface area contributed by atoms with Crippen LogP contribution in [0, 0.1) is 35.5 Å². The van der Waals surface area contributed by atoms with Crippen molar-refractivity contribution in [1.29, 1.82) is 0 Å². The van der Waals surface area contributed by atoms with Gasteiger partial charge in [-0.3, -0.25) is 43.2 Å². The first-order valence-corrected chi connectivity index (χ1v) is 38.1. The summed E-state index contributed by atoms with van der Waals surface area (Å²) in [6.07, 6.45) is -8.19. The molecular formula is C85H106N8O22. The van der Waals surface area contributed by atoms with E-state index in [1.807, 2.05) is 78.9 Å². The Bertz CT molecular complexity index is 4180. The molecular weight excluding hydrogens is 1480 g/mol. The van der Waals surface area contributed by atoms with Crippen molar-refractivity contribution in [2.24, 2.45) is 35.5 Å². The van der Waals surface area contributed by atoms with Crippen LogP contribution in [0.5, 0.6) is 17.2 Å². The molecule has 3 heterocycles. The number of para-hydroxylation sites is 3. The maximum atomic E-state index is 13.6. The second-order valence-corrected chi connectivity index (χ2v) is 30.1. The highest BCUT2D eigenvalue weighted by molar-refractivity contribution is 6.02. The van der Waals surface area contributed by atoms with E-state index in [4.69, 9.17) is 18.9 Å². The number of aliphatic hydroxyl groups is 3. The van der Waals surface area contributed by atoms with Crippen LogP contribution in [-0.4, -0.2) is 205 Å². The molecule has 0 aliphatic carbocycles. The molecule has 9 rings (SSSR count). The molecule has 30 heteroatoms. The number of benzene rings is 6. The summed E-state index contributed by atoms with van der Waals surface area (Å²) in [4.78, 5) is 159. The Hall–Kier alpha value is -11.8. The Morgan fingerprint density at radius 2 is 0.687 bits per heavy atom. The van der Waals surface area contributed by atoms with Crippen molar-refractivity contribution in [2.45, 2.75) is 193 Å². The number of cyclic esters (lactones) is 4. The number of carbonyl (C=O) groups is 12. The molecule has 0 aromatic heterocycles. The van der Waals surface area contributed by atoms with Gasteiger partial charge in [-0.1, -0.05) is 183 Å². The molecule has 3 saturated heterocycles. The number of hydrogen-bond donors (Lipinski definition) is 13. The lowest BCUT2D eigenvalue weighted by Gasteiger charge is -2.37. The minimum absolute atomic E-state index is 0.0603. The van der Waals surface area contributed by atoms with E-state index >= 15 is 0 Å². The molecule has 18 atom stereocenters. The maximum Gasteiger partial charge on any atom is 0.348 e. The molecule has 0 bridgehead atoms. The third-order valence-electron chi connectivity index (χ3n) is 20.2. The van der Waals surface area contributed by atoms with Crippen LogP contribution in [0.1, 0.15) is 131 Å². The van der Waals surface area contributed by atoms with E-state index in [1.54, 1.807) is 97.0 Å². The highest BCUT2D eigenvalue weighted by atomic mass is 16.6. The van der Waals surface area contributed by atoms with Gasteiger partial charge in [0, 0.05) is 13.0 Å². The van der Waals surface area contributed by atoms with Gasteiger partial charge in [0.2, 0.25) is 35.6 Å². The summed E-state index contributed by atoms with van der Waals surface area (Å²) in [5.74, 6) is -13.7. The smallest absolute Gasteiger partial charge is 0.348 e. The highest BCUT2D eigenvalue weighted by Gasteiger charge is 2.45. The fraction of sp³-hybridized carbons (Fsp3) is 0.435. The van der Waals surface area contributed by atoms with E-state index in [2.05, 4.69) is 37.2 Å². The van der Waals surface area contributed by atoms with Gasteiger partial charge in [-0.05, 0) is 112 Å². The first kappa shape index (κ1) is 90.4. The second kappa shape index (κ2) is 41.8. The van der Waals surface area contributed by atoms with Crippen LogP contribution in [0.4, 0.5) is 0 Å². The summed E-state index contributed by atoms with van der Waals surface area (Å²) in [6, 6.07) is 36.0. The van der Waals surface area contributed by atoms with E-state index in [0.29, 0.717) is 0 Å². The maximum absolute atomic E-state index is 13.6. The van der Waals surface area contributed by atoms with Gasteiger partial charge in [0.1, 0.15) is 65.8 Å². The fourth-order valence-corrected chi connectivity index (χ4v) is 13.3. The predicted octanol–water partition coefficient (Wildman–Crippen LogP) is 4.67. The molecule has 3 aliphatic heterocycles. The minimum Gasteiger partial charge on any atom is -0.507 e. The fourth-order valence-electron chi connectivity index (χ4n) is 13.3. The van der Waals surface area contributed by atoms with Gasteiger partial charge in [-0.25, -0.2) is 14.4 Å². The number of ether oxygens (including phenoxy) is 4. The molecule has 618 valence electrons. The number of aromatic hydroxyl groups is 3. The Labute approximate surface area is 667 Å². The van der Waals surface area contributed by atoms with E-state index < -0.39 is 186 Å². The van der Waals surface area contributed by atoms with Crippen molar-refractivity contribution in [3.05, 3.63) is 197 Å². The number of esters is 4. The van der Waals surface area contributed by atoms with E-state index in [1.165, 1.54) is 83.0 Å². The Balaban J connectivity index is 0.000000239. The molecule has 115 heavy (non-hydrogen) atoms. The first-order valence-electron chi connectivity index (χ1n) is 38.1. The average molecular weight is 1590 g/mol. The van der Waals surface area contributed by atoms with Gasteiger partial charge in [-0.15, -0.1) is 0 Å². The van der Waals surface area contributed by atoms with E-state index in [9.17, 15) is 88.2 Å². The van der Waals surface area contributed by atoms with Crippen LogP contribution < -0.4 is 37.2 Å². The normalized spacial score (nSPS) is 26.8. The quantitative estimate of drug-likeness (QED) is 0.0490. The van der Waals surface area contributed by atoms with Gasteiger partial charge in [-0.2, -0.15) is 0 Å². The third kappa shape index (κ3) is 24.4. The number of carbonyl (C=O) groups excluding carboxylic acids is 12. The standard InChI is InChI=1S/C29H37N3O7.C28H35N3O7.C28H34N2O8/c1-16(2)24-29(38)39-18(4)23(31-26(35)20-13-9-10-14-22(20)33)27(36)30-21(15-19-11-7-6-8-12-19)25(34)17(3)28(37)32(24)5;1-15(2)22-28(37)38-17(4)23(31-26(35)19-12-8-9-13-21(19)32)27(36)29-20(14-18-10-6-5-7-11-18)24(33)16(3)25(34)30-22;1-15(2)24-28(36)37-17(4)22(30-25(33)19-12-8-9-13-21(19)31)26(34)29-20(14-18-10-6-5-7-11-18)23(32)16(3)27(35)38-24/h6-14,16-18,21,23-25,33-34H,15H2,1-5H3,(H,30,36)(H,31,35);5-13,15-17,20,22-24,32-33H,14H2,1-4H3,(H,29,36)(H,30,34)(H,31,35);5-13,15-17,20,22-24,31-32H,14H2,1-4H3,(H,29,34)(H,30,33)/t17-,18-,21+,23+,24?,25+;16-,17-,20+,22?,23+,24+;16-,17-,20+,22+,23+,24?/m111/s1. The van der Waals surface area contributed by atoms with Crippen molar-refractivity contribution < 1.29 is 107 Å². The molecule has 3 aliphatic rings. The highest BCUT2D eigenvalue weighted by Crippen LogP contribution is 2.27. The number of hydrogen-bond acceptors (Lipinski definition) is 22. The summed E-state index contributed by atoms with van der Waals surface area (Å²) >= 11 is 0. The topological polar surface area (TPSA) is 451 Å². The summed E-state index contributed by atoms with van der Waals surface area (Å²) in [5.41, 5.74) is 2.22. The molecule has 6 aromatic carbocycles. The van der Waals surface area contributed by atoms with Crippen LogP contribution in [0.25, 0.3) is 0 Å². The summed E-state index contributed by atoms with van der Waals surface area (Å²) < 4.78 is 22.1. The van der Waals surface area contributed by atoms with Crippen molar-refractivity contribution >= 4 is 71.1 Å². The number of rotatable bonds is 15. The second-order valence-electron chi connectivity index (χ2n) is 30.1. The van der Waals surface area contributed by atoms with Crippen LogP contribution >= 0.6 is 0 Å². The van der Waals surface area contributed by atoms with Gasteiger partial charge >= 0.3 is 23.9 Å². The average Bonchev–Trinajstić information content (AvgIpc) is 0.825. The SMILES string of the molecule is CC(C)C1C(=O)O[C@H](C)[C@H](NC(=O)c2ccccc2O)C(=O)N[C@@H](Cc2ccccc2)[C@@H](O)[C@@H](C)C(=O)N1C.CC(C)C1NC(=O)[C@H](C)[C@H](O)[C@H](Cc2ccccc2)NC(=O)[C@@H](NC(=O)c2ccccc2O)[C@@H](C)OC1=O.CC(C)C1OC(=O)[C@H](C)[C@H](O)[C@H](Cc2ccccc2)NC(=O)[C@@H](NC(=O)c2ccccc2O)[C@@H](C)OC1=O. The molecule has 6 aromatic rings. The van der Waals surface area contributed by atoms with E-state index in [-0.39, 0.29) is 65.0 Å². The van der Waals surface area contributed by atoms with Crippen LogP contribution in [0.2, 0.25) is 0 Å². The zero-order chi connectivity index (χ0) is 84.8. The lowest BCUT2D eigenvalue weighted by Crippen LogP contribution is -2.61. The van der Waals surface area contributed by atoms with Crippen molar-refractivity contribution in [1.82, 2.24) is 42.1 Å². The van der Waals surface area contributed by atoms with Gasteiger partial charge in [0.05, 0.1) is 70.9 Å². The Morgan fingerprint density at radius 3 is 1.02 bits per heavy atom. The van der Waals surface area contributed by atoms with Gasteiger partial charge < -0.3 is 91.7 Å². The molecule has 0 radical (unpaired) electrons. The summed E-state index contributed by atoms with van der Waals surface area (Å²) in [6.45, 7) is 19.1. The summed E-state index contributed by atoms with van der Waals surface area (Å²) in [7, 11) is 1.48. The molecule has 3 unspecified atom stereocenters. The number of aliphatic hydroxyl groups excluding tert-OH is 3. The zero-order valence-corrected chi connectivity index (χ0v) is 66.5. The van der Waals surface area contributed by atoms with Crippen LogP contribution in [0.15, 0.2) is 164 Å². The number of nitrogens with zero attached hydrogens (tertiary/aromatic N) is 1. The molecule has 13 N–H and O–H groups in total. The number of phenols is 3. The number of nitrogens with one attached hydrogen (secondary N) is 7. The predicted molar refractivity (Wildman–Crippen MR) is 419 cm³/mol.